The lowest BCUT2D eigenvalue weighted by molar-refractivity contribution is -0.900. The van der Waals surface area contributed by atoms with Crippen molar-refractivity contribution in [2.45, 2.75) is 123 Å². The molecule has 0 radical (unpaired) electrons. The monoisotopic (exact) mass is 407 g/mol. The maximum absolute atomic E-state index is 9.38. The Morgan fingerprint density at radius 2 is 1.34 bits per heavy atom. The number of unbranched alkanes of at least 4 members (excludes halogenated alkanes) is 13. The van der Waals surface area contributed by atoms with Gasteiger partial charge >= 0.3 is 0 Å². The van der Waals surface area contributed by atoms with E-state index >= 15 is 0 Å². The molecule has 3 nitrogen and oxygen atoms in total. The van der Waals surface area contributed by atoms with Gasteiger partial charge < -0.3 is 10.4 Å². The highest BCUT2D eigenvalue weighted by Gasteiger charge is 2.35. The molecular formula is C26H51N2O+. The fourth-order valence-electron chi connectivity index (χ4n) is 4.62. The number of allylic oxidation sites excluding steroid dienone is 2. The molecule has 0 bridgehead atoms. The molecule has 2 unspecified atom stereocenters. The van der Waals surface area contributed by atoms with Crippen LogP contribution in [0.4, 0.5) is 0 Å². The predicted molar refractivity (Wildman–Crippen MR) is 128 cm³/mol. The molecule has 29 heavy (non-hydrogen) atoms. The molecule has 1 aliphatic heterocycles. The van der Waals surface area contributed by atoms with Gasteiger partial charge in [0.05, 0.1) is 19.4 Å². The second-order valence-electron chi connectivity index (χ2n) is 8.92. The third kappa shape index (κ3) is 11.8. The van der Waals surface area contributed by atoms with Gasteiger partial charge in [0.25, 0.3) is 0 Å². The van der Waals surface area contributed by atoms with Crippen LogP contribution in [-0.2, 0) is 0 Å². The van der Waals surface area contributed by atoms with Gasteiger partial charge in [-0.2, -0.15) is 0 Å². The van der Waals surface area contributed by atoms with Crippen LogP contribution in [0.2, 0.25) is 0 Å². The van der Waals surface area contributed by atoms with Gasteiger partial charge in [-0.15, -0.1) is 0 Å². The number of aliphatic hydroxyl groups excluding tert-OH is 1. The molecule has 0 aromatic carbocycles. The van der Waals surface area contributed by atoms with E-state index in [1.165, 1.54) is 103 Å². The Hall–Kier alpha value is -0.800. The van der Waals surface area contributed by atoms with Gasteiger partial charge in [0.2, 0.25) is 0 Å². The van der Waals surface area contributed by atoms with E-state index < -0.39 is 0 Å². The smallest absolute Gasteiger partial charge is 0.166 e. The Bertz CT molecular complexity index is 421. The van der Waals surface area contributed by atoms with Gasteiger partial charge in [0.1, 0.15) is 12.7 Å². The van der Waals surface area contributed by atoms with E-state index in [1.54, 1.807) is 0 Å². The van der Waals surface area contributed by atoms with Crippen LogP contribution in [0.3, 0.4) is 0 Å². The molecule has 0 aromatic rings. The van der Waals surface area contributed by atoms with Crippen molar-refractivity contribution in [2.24, 2.45) is 0 Å². The van der Waals surface area contributed by atoms with Crippen LogP contribution in [0.1, 0.15) is 117 Å². The first-order chi connectivity index (χ1) is 14.3. The largest absolute Gasteiger partial charge is 0.390 e. The number of quaternary nitrogens is 1. The van der Waals surface area contributed by atoms with Crippen molar-refractivity contribution in [3.05, 3.63) is 24.6 Å². The second kappa shape index (κ2) is 18.0. The average molecular weight is 408 g/mol. The topological polar surface area (TPSA) is 32.3 Å². The highest BCUT2D eigenvalue weighted by Crippen LogP contribution is 2.23. The van der Waals surface area contributed by atoms with Crippen molar-refractivity contribution in [3.63, 3.8) is 0 Å². The van der Waals surface area contributed by atoms with Crippen LogP contribution in [0.15, 0.2) is 24.6 Å². The first-order valence-electron chi connectivity index (χ1n) is 12.8. The third-order valence-corrected chi connectivity index (χ3v) is 6.64. The summed E-state index contributed by atoms with van der Waals surface area (Å²) in [5.41, 5.74) is 0. The van der Waals surface area contributed by atoms with Crippen LogP contribution in [0, 0.1) is 0 Å². The summed E-state index contributed by atoms with van der Waals surface area (Å²) < 4.78 is 0.909. The molecule has 0 spiro atoms. The molecule has 0 fully saturated rings. The van der Waals surface area contributed by atoms with Crippen LogP contribution >= 0.6 is 0 Å². The Labute approximate surface area is 182 Å². The lowest BCUT2D eigenvalue weighted by atomic mass is 10.0. The molecule has 0 aromatic heterocycles. The summed E-state index contributed by atoms with van der Waals surface area (Å²) in [6, 6.07) is 0. The van der Waals surface area contributed by atoms with Crippen molar-refractivity contribution < 1.29 is 9.59 Å². The Morgan fingerprint density at radius 1 is 0.793 bits per heavy atom. The fourth-order valence-corrected chi connectivity index (χ4v) is 4.62. The van der Waals surface area contributed by atoms with Crippen molar-refractivity contribution in [1.29, 1.82) is 0 Å². The van der Waals surface area contributed by atoms with E-state index in [0.717, 1.165) is 17.6 Å². The van der Waals surface area contributed by atoms with Crippen molar-refractivity contribution in [1.82, 2.24) is 5.32 Å². The van der Waals surface area contributed by atoms with Crippen LogP contribution in [0.5, 0.6) is 0 Å². The lowest BCUT2D eigenvalue weighted by Crippen LogP contribution is -2.54. The highest BCUT2D eigenvalue weighted by molar-refractivity contribution is 4.84. The minimum Gasteiger partial charge on any atom is -0.390 e. The third-order valence-electron chi connectivity index (χ3n) is 6.64. The zero-order valence-corrected chi connectivity index (χ0v) is 19.7. The van der Waals surface area contributed by atoms with E-state index in [-0.39, 0.29) is 6.61 Å². The summed E-state index contributed by atoms with van der Waals surface area (Å²) in [4.78, 5) is 0. The van der Waals surface area contributed by atoms with Gasteiger partial charge in [0.15, 0.2) is 6.17 Å². The molecule has 0 aliphatic carbocycles. The number of aliphatic hydroxyl groups is 1. The van der Waals surface area contributed by atoms with Crippen LogP contribution < -0.4 is 5.32 Å². The molecule has 3 heteroatoms. The van der Waals surface area contributed by atoms with Crippen LogP contribution in [0.25, 0.3) is 0 Å². The number of hydrogen-bond donors (Lipinski definition) is 2. The first-order valence-corrected chi connectivity index (χ1v) is 12.8. The van der Waals surface area contributed by atoms with E-state index in [9.17, 15) is 5.11 Å². The molecular weight excluding hydrogens is 356 g/mol. The molecule has 2 atom stereocenters. The zero-order valence-electron chi connectivity index (χ0n) is 19.7. The molecule has 0 amide bonds. The van der Waals surface area contributed by atoms with Crippen molar-refractivity contribution in [2.75, 3.05) is 19.7 Å². The van der Waals surface area contributed by atoms with Gasteiger partial charge in [-0.25, -0.2) is 0 Å². The van der Waals surface area contributed by atoms with Gasteiger partial charge in [0, 0.05) is 6.42 Å². The fraction of sp³-hybridized carbons (Fsp3) is 0.846. The van der Waals surface area contributed by atoms with E-state index in [0.29, 0.717) is 6.17 Å². The SMILES string of the molecule is CC/C=C/CCCCCCCCCCCCCCCC1NC=C[N+]1(CC)CCO. The Balaban J connectivity index is 1.84. The predicted octanol–water partition coefficient (Wildman–Crippen LogP) is 7.03. The molecule has 1 aliphatic rings. The number of rotatable bonds is 20. The molecule has 0 saturated carbocycles. The van der Waals surface area contributed by atoms with E-state index in [2.05, 4.69) is 43.7 Å². The number of likely N-dealkylation sites (N-methyl/N-ethyl adjacent to an activating group) is 1. The van der Waals surface area contributed by atoms with E-state index in [1.807, 2.05) is 0 Å². The van der Waals surface area contributed by atoms with Gasteiger partial charge in [-0.1, -0.05) is 89.7 Å². The summed E-state index contributed by atoms with van der Waals surface area (Å²) in [6.07, 6.45) is 31.4. The minimum atomic E-state index is 0.271. The van der Waals surface area contributed by atoms with Crippen molar-refractivity contribution in [3.8, 4) is 0 Å². The van der Waals surface area contributed by atoms with Crippen molar-refractivity contribution >= 4 is 0 Å². The summed E-state index contributed by atoms with van der Waals surface area (Å²) in [5, 5.41) is 12.9. The van der Waals surface area contributed by atoms with E-state index in [4.69, 9.17) is 0 Å². The quantitative estimate of drug-likeness (QED) is 0.129. The summed E-state index contributed by atoms with van der Waals surface area (Å²) in [6.45, 7) is 6.60. The number of hydrogen-bond acceptors (Lipinski definition) is 2. The summed E-state index contributed by atoms with van der Waals surface area (Å²) in [7, 11) is 0. The van der Waals surface area contributed by atoms with Gasteiger partial charge in [-0.05, 0) is 32.6 Å². The Morgan fingerprint density at radius 3 is 1.86 bits per heavy atom. The van der Waals surface area contributed by atoms with Gasteiger partial charge in [-0.3, -0.25) is 4.48 Å². The highest BCUT2D eigenvalue weighted by atomic mass is 16.3. The lowest BCUT2D eigenvalue weighted by Gasteiger charge is -2.36. The van der Waals surface area contributed by atoms with Crippen LogP contribution in [-0.4, -0.2) is 35.5 Å². The molecule has 1 heterocycles. The minimum absolute atomic E-state index is 0.271. The maximum atomic E-state index is 9.38. The number of nitrogens with one attached hydrogen (secondary N) is 1. The summed E-state index contributed by atoms with van der Waals surface area (Å²) >= 11 is 0. The first kappa shape index (κ1) is 26.2. The zero-order chi connectivity index (χ0) is 21.0. The second-order valence-corrected chi connectivity index (χ2v) is 8.92. The Kier molecular flexibility index (Phi) is 16.3. The molecule has 170 valence electrons. The summed E-state index contributed by atoms with van der Waals surface area (Å²) in [5.74, 6) is 0. The molecule has 1 rings (SSSR count). The standard InChI is InChI=1S/C26H51N2O/c1-3-5-6-7-8-9-10-11-12-13-14-15-16-17-18-19-20-21-26-27-22-23-28(26,4-2)24-25-29/h5-6,22-23,26-27,29H,3-4,7-21,24-25H2,1-2H3/q+1/b6-5+. The average Bonchev–Trinajstić information content (AvgIpc) is 3.13. The maximum Gasteiger partial charge on any atom is 0.166 e. The molecule has 2 N–H and O–H groups in total. The number of nitrogens with zero attached hydrogens (tertiary/aromatic N) is 1. The normalized spacial score (nSPS) is 21.3. The molecule has 0 saturated heterocycles.